The Bertz CT molecular complexity index is 1410. The van der Waals surface area contributed by atoms with E-state index in [-0.39, 0.29) is 75.6 Å². The lowest BCUT2D eigenvalue weighted by Gasteiger charge is -2.61. The molecule has 262 valence electrons. The molecule has 0 aromatic heterocycles. The number of esters is 1. The van der Waals surface area contributed by atoms with Gasteiger partial charge in [-0.3, -0.25) is 4.79 Å². The van der Waals surface area contributed by atoms with Gasteiger partial charge < -0.3 is 43.7 Å². The van der Waals surface area contributed by atoms with E-state index >= 15 is 0 Å². The van der Waals surface area contributed by atoms with Crippen molar-refractivity contribution in [2.45, 2.75) is 154 Å². The van der Waals surface area contributed by atoms with E-state index in [0.717, 1.165) is 38.5 Å². The molecule has 4 heterocycles. The first-order valence-electron chi connectivity index (χ1n) is 18.2. The summed E-state index contributed by atoms with van der Waals surface area (Å²) < 4.78 is 38.1. The quantitative estimate of drug-likeness (QED) is 0.234. The number of ether oxygens (including phenoxy) is 6. The third-order valence-electron chi connectivity index (χ3n) is 16.0. The largest absolute Gasteiger partial charge is 0.462 e. The number of fused-ring (bicyclic) bond motifs is 6. The molecule has 3 N–H and O–H groups in total. The molecule has 0 bridgehead atoms. The van der Waals surface area contributed by atoms with Crippen molar-refractivity contribution in [2.24, 2.45) is 44.8 Å². The smallest absolute Gasteiger partial charge is 0.302 e. The Kier molecular flexibility index (Phi) is 6.37. The molecule has 4 aliphatic heterocycles. The van der Waals surface area contributed by atoms with Crippen molar-refractivity contribution >= 4 is 5.97 Å². The topological polar surface area (TPSA) is 136 Å². The summed E-state index contributed by atoms with van der Waals surface area (Å²) in [6, 6.07) is 0. The summed E-state index contributed by atoms with van der Waals surface area (Å²) in [4.78, 5) is 12.7. The Labute approximate surface area is 277 Å². The van der Waals surface area contributed by atoms with Crippen molar-refractivity contribution in [1.82, 2.24) is 0 Å². The van der Waals surface area contributed by atoms with Crippen molar-refractivity contribution < 1.29 is 48.5 Å². The van der Waals surface area contributed by atoms with Crippen LogP contribution in [0.5, 0.6) is 0 Å². The highest BCUT2D eigenvalue weighted by Gasteiger charge is 2.85. The number of hydrogen-bond donors (Lipinski definition) is 3. The van der Waals surface area contributed by atoms with Crippen molar-refractivity contribution in [3.05, 3.63) is 11.6 Å². The Morgan fingerprint density at radius 1 is 1.00 bits per heavy atom. The van der Waals surface area contributed by atoms with E-state index in [9.17, 15) is 20.1 Å². The Morgan fingerprint density at radius 2 is 1.77 bits per heavy atom. The van der Waals surface area contributed by atoms with Gasteiger partial charge in [-0.25, -0.2) is 0 Å². The molecule has 3 spiro atoms. The number of epoxide rings is 1. The third-order valence-corrected chi connectivity index (χ3v) is 16.0. The van der Waals surface area contributed by atoms with Crippen LogP contribution in [0.1, 0.15) is 93.4 Å². The van der Waals surface area contributed by atoms with Gasteiger partial charge in [-0.1, -0.05) is 46.3 Å². The second-order valence-corrected chi connectivity index (χ2v) is 18.5. The maximum Gasteiger partial charge on any atom is 0.302 e. The van der Waals surface area contributed by atoms with Crippen LogP contribution in [-0.2, 0) is 33.2 Å². The number of carbonyl (C=O) groups is 1. The first-order chi connectivity index (χ1) is 22.0. The van der Waals surface area contributed by atoms with Crippen LogP contribution in [0.3, 0.4) is 0 Å². The normalized spacial score (nSPS) is 61.1. The summed E-state index contributed by atoms with van der Waals surface area (Å²) >= 11 is 0. The molecule has 47 heavy (non-hydrogen) atoms. The van der Waals surface area contributed by atoms with E-state index in [4.69, 9.17) is 28.4 Å². The van der Waals surface area contributed by atoms with Gasteiger partial charge in [0.2, 0.25) is 0 Å². The predicted molar refractivity (Wildman–Crippen MR) is 166 cm³/mol. The molecular weight excluding hydrogens is 604 g/mol. The van der Waals surface area contributed by atoms with Crippen molar-refractivity contribution in [3.8, 4) is 0 Å². The lowest BCUT2D eigenvalue weighted by Crippen LogP contribution is -2.61. The molecule has 0 aromatic rings. The average Bonchev–Trinajstić information content (AvgIpc) is 3.83. The molecule has 9 aliphatic rings. The van der Waals surface area contributed by atoms with Crippen molar-refractivity contribution in [3.63, 3.8) is 0 Å². The van der Waals surface area contributed by atoms with Gasteiger partial charge in [-0.05, 0) is 73.0 Å². The minimum atomic E-state index is -1.37. The zero-order valence-electron chi connectivity index (χ0n) is 29.0. The van der Waals surface area contributed by atoms with E-state index in [1.807, 2.05) is 0 Å². The van der Waals surface area contributed by atoms with Crippen LogP contribution in [-0.4, -0.2) is 94.9 Å². The number of carbonyl (C=O) groups excluding carboxylic acids is 1. The number of aliphatic hydroxyl groups is 3. The zero-order chi connectivity index (χ0) is 33.3. The molecule has 17 atom stereocenters. The number of allylic oxidation sites excluding steroid dienone is 2. The van der Waals surface area contributed by atoms with Gasteiger partial charge in [0.25, 0.3) is 0 Å². The first-order valence-corrected chi connectivity index (χ1v) is 18.2. The Balaban J connectivity index is 1.05. The van der Waals surface area contributed by atoms with Crippen LogP contribution in [0.15, 0.2) is 11.6 Å². The van der Waals surface area contributed by atoms with E-state index in [1.54, 1.807) is 5.57 Å². The third kappa shape index (κ3) is 3.73. The minimum absolute atomic E-state index is 0.0203. The standard InChI is InChI=1S/C37H54O10/c1-18-13-37(30-34(7,47-30)17-43-37)46-21-14-33(6)23-9-8-22-31(3,4)24(45-29-28(41)27(40)20(39)15-42-29)12-25(44-19(2)38)36(22)16-35(23,36)11-10-32(33,5)26(18)21/h9,18,20-22,24-30,39-41H,8,10-17H2,1-7H3/t18-,20-,21+,22+,24+,25-,26+,27+,28-,29+,30-,32-,33+,34-,35+,36-,37+/m1/s1. The summed E-state index contributed by atoms with van der Waals surface area (Å²) in [6.07, 6.45) is 3.33. The monoisotopic (exact) mass is 658 g/mol. The molecule has 8 fully saturated rings. The lowest BCUT2D eigenvalue weighted by molar-refractivity contribution is -0.306. The molecule has 4 saturated heterocycles. The van der Waals surface area contributed by atoms with Gasteiger partial charge in [0.05, 0.1) is 25.4 Å². The SMILES string of the molecule is CC(=O)O[C@@H]1C[C@H](O[C@@H]2OC[C@@H](O)[C@H](O)[C@H]2O)C(C)(C)[C@@H]2CC=C3[C@]4(CC[C@]5(C)[C@H]6[C@H](C)C[C@]7(OC[C@@]8(C)O[C@@H]78)O[C@H]6C[C@@]35C)C[C@]124. The molecule has 10 nitrogen and oxygen atoms in total. The van der Waals surface area contributed by atoms with E-state index in [2.05, 4.69) is 47.6 Å². The molecule has 10 heteroatoms. The lowest BCUT2D eigenvalue weighted by atomic mass is 9.44. The fourth-order valence-electron chi connectivity index (χ4n) is 13.7. The molecule has 0 aromatic carbocycles. The minimum Gasteiger partial charge on any atom is -0.462 e. The second-order valence-electron chi connectivity index (χ2n) is 18.5. The van der Waals surface area contributed by atoms with E-state index in [1.165, 1.54) is 6.92 Å². The fraction of sp³-hybridized carbons (Fsp3) is 0.919. The van der Waals surface area contributed by atoms with Crippen LogP contribution < -0.4 is 0 Å². The van der Waals surface area contributed by atoms with Crippen LogP contribution in [0, 0.1) is 44.8 Å². The van der Waals surface area contributed by atoms with Gasteiger partial charge in [-0.2, -0.15) is 0 Å². The highest BCUT2D eigenvalue weighted by Crippen LogP contribution is 2.88. The number of hydrogen-bond acceptors (Lipinski definition) is 10. The van der Waals surface area contributed by atoms with Crippen LogP contribution in [0.4, 0.5) is 0 Å². The van der Waals surface area contributed by atoms with Crippen LogP contribution >= 0.6 is 0 Å². The highest BCUT2D eigenvalue weighted by molar-refractivity contribution is 5.66. The van der Waals surface area contributed by atoms with E-state index in [0.29, 0.717) is 24.9 Å². The summed E-state index contributed by atoms with van der Waals surface area (Å²) in [6.45, 7) is 16.0. The van der Waals surface area contributed by atoms with Gasteiger partial charge >= 0.3 is 5.97 Å². The van der Waals surface area contributed by atoms with Gasteiger partial charge in [0.1, 0.15) is 36.1 Å². The highest BCUT2D eigenvalue weighted by atomic mass is 16.8. The van der Waals surface area contributed by atoms with Crippen molar-refractivity contribution in [2.75, 3.05) is 13.2 Å². The maximum atomic E-state index is 12.7. The molecule has 0 unspecified atom stereocenters. The summed E-state index contributed by atoms with van der Waals surface area (Å²) in [5, 5.41) is 31.1. The Morgan fingerprint density at radius 3 is 2.45 bits per heavy atom. The summed E-state index contributed by atoms with van der Waals surface area (Å²) in [7, 11) is 0. The number of aliphatic hydroxyl groups excluding tert-OH is 3. The maximum absolute atomic E-state index is 12.7. The van der Waals surface area contributed by atoms with Gasteiger partial charge in [0, 0.05) is 30.6 Å². The van der Waals surface area contributed by atoms with E-state index < -0.39 is 30.4 Å². The van der Waals surface area contributed by atoms with Crippen LogP contribution in [0.2, 0.25) is 0 Å². The zero-order valence-corrected chi connectivity index (χ0v) is 29.0. The van der Waals surface area contributed by atoms with Gasteiger partial charge in [0.15, 0.2) is 12.1 Å². The van der Waals surface area contributed by atoms with Gasteiger partial charge in [-0.15, -0.1) is 0 Å². The molecule has 0 radical (unpaired) electrons. The van der Waals surface area contributed by atoms with Crippen LogP contribution in [0.25, 0.3) is 0 Å². The first kappa shape index (κ1) is 31.8. The molecule has 9 rings (SSSR count). The van der Waals surface area contributed by atoms with Crippen molar-refractivity contribution in [1.29, 1.82) is 0 Å². The Hall–Kier alpha value is -1.11. The second kappa shape index (κ2) is 9.40. The summed E-state index contributed by atoms with van der Waals surface area (Å²) in [5.41, 5.74) is 0.785. The summed E-state index contributed by atoms with van der Waals surface area (Å²) in [5.74, 6) is 0.142. The predicted octanol–water partition coefficient (Wildman–Crippen LogP) is 3.63. The average molecular weight is 659 g/mol. The fourth-order valence-corrected chi connectivity index (χ4v) is 13.7. The molecule has 0 amide bonds. The number of rotatable bonds is 3. The molecule has 5 aliphatic carbocycles. The molecule has 4 saturated carbocycles. The molecular formula is C37H54O10.